The summed E-state index contributed by atoms with van der Waals surface area (Å²) >= 11 is 0. The van der Waals surface area contributed by atoms with Gasteiger partial charge in [0.1, 0.15) is 0 Å². The summed E-state index contributed by atoms with van der Waals surface area (Å²) in [5.41, 5.74) is 0. The van der Waals surface area contributed by atoms with Crippen molar-refractivity contribution >= 4 is 10.1 Å². The van der Waals surface area contributed by atoms with Gasteiger partial charge in [0.05, 0.1) is 6.20 Å². The highest BCUT2D eigenvalue weighted by Gasteiger charge is 2.16. The number of hydrogen-bond acceptors (Lipinski definition) is 6. The lowest BCUT2D eigenvalue weighted by Crippen LogP contribution is -1.95. The van der Waals surface area contributed by atoms with Gasteiger partial charge in [0.2, 0.25) is 10.9 Å². The van der Waals surface area contributed by atoms with E-state index in [1.54, 1.807) is 0 Å². The molecule has 0 radical (unpaired) electrons. The molecule has 78 valence electrons. The summed E-state index contributed by atoms with van der Waals surface area (Å²) < 4.78 is 34.9. The quantitative estimate of drug-likeness (QED) is 0.739. The zero-order valence-corrected chi connectivity index (χ0v) is 8.05. The van der Waals surface area contributed by atoms with Crippen molar-refractivity contribution in [3.63, 3.8) is 0 Å². The zero-order valence-electron chi connectivity index (χ0n) is 7.23. The molecule has 2 aromatic rings. The Hall–Kier alpha value is -1.80. The van der Waals surface area contributed by atoms with Gasteiger partial charge in [-0.3, -0.25) is 4.55 Å². The van der Waals surface area contributed by atoms with Crippen LogP contribution >= 0.6 is 0 Å². The molecule has 0 aliphatic carbocycles. The van der Waals surface area contributed by atoms with Crippen LogP contribution in [0.4, 0.5) is 0 Å². The number of aromatic nitrogens is 3. The third kappa shape index (κ3) is 2.00. The van der Waals surface area contributed by atoms with Crippen LogP contribution < -0.4 is 0 Å². The average molecular weight is 227 g/mol. The molecule has 15 heavy (non-hydrogen) atoms. The first-order valence-corrected chi connectivity index (χ1v) is 5.23. The number of nitrogens with zero attached hydrogens (tertiary/aromatic N) is 3. The van der Waals surface area contributed by atoms with E-state index in [1.165, 1.54) is 18.5 Å². The Morgan fingerprint density at radius 2 is 2.07 bits per heavy atom. The maximum absolute atomic E-state index is 10.7. The molecule has 0 aliphatic heterocycles. The van der Waals surface area contributed by atoms with Crippen LogP contribution in [0.1, 0.15) is 0 Å². The maximum atomic E-state index is 10.7. The fraction of sp³-hybridized carbons (Fsp3) is 0. The van der Waals surface area contributed by atoms with Gasteiger partial charge in [0, 0.05) is 6.20 Å². The smallest absolute Gasteiger partial charge is 0.328 e. The van der Waals surface area contributed by atoms with Crippen molar-refractivity contribution in [1.29, 1.82) is 0 Å². The van der Waals surface area contributed by atoms with Gasteiger partial charge in [0.25, 0.3) is 0 Å². The minimum Gasteiger partial charge on any atom is -0.439 e. The molecule has 2 aromatic heterocycles. The van der Waals surface area contributed by atoms with Crippen LogP contribution in [0.3, 0.4) is 0 Å². The summed E-state index contributed by atoms with van der Waals surface area (Å²) in [6.07, 6.45) is 2.76. The number of furan rings is 1. The van der Waals surface area contributed by atoms with Crippen LogP contribution in [-0.4, -0.2) is 28.2 Å². The molecule has 0 aliphatic rings. The lowest BCUT2D eigenvalue weighted by atomic mass is 10.4. The van der Waals surface area contributed by atoms with Gasteiger partial charge in [-0.2, -0.15) is 13.5 Å². The topological polar surface area (TPSA) is 106 Å². The van der Waals surface area contributed by atoms with Crippen molar-refractivity contribution in [2.24, 2.45) is 0 Å². The van der Waals surface area contributed by atoms with Crippen molar-refractivity contribution in [3.8, 4) is 11.6 Å². The van der Waals surface area contributed by atoms with Crippen LogP contribution in [0, 0.1) is 0 Å². The van der Waals surface area contributed by atoms with E-state index in [4.69, 9.17) is 8.97 Å². The average Bonchev–Trinajstić information content (AvgIpc) is 2.67. The van der Waals surface area contributed by atoms with Crippen molar-refractivity contribution in [1.82, 2.24) is 15.2 Å². The molecule has 1 N–H and O–H groups in total. The van der Waals surface area contributed by atoms with Crippen LogP contribution in [0.25, 0.3) is 11.6 Å². The molecule has 0 unspecified atom stereocenters. The molecule has 0 spiro atoms. The summed E-state index contributed by atoms with van der Waals surface area (Å²) in [5.74, 6) is 0.267. The van der Waals surface area contributed by atoms with Gasteiger partial charge in [0.15, 0.2) is 5.76 Å². The van der Waals surface area contributed by atoms with E-state index in [-0.39, 0.29) is 11.6 Å². The third-order valence-electron chi connectivity index (χ3n) is 1.54. The Labute approximate surface area is 84.5 Å². The maximum Gasteiger partial charge on any atom is 0.328 e. The molecule has 0 saturated carbocycles. The van der Waals surface area contributed by atoms with Crippen molar-refractivity contribution in [2.45, 2.75) is 5.09 Å². The molecule has 0 aromatic carbocycles. The largest absolute Gasteiger partial charge is 0.439 e. The van der Waals surface area contributed by atoms with Crippen LogP contribution in [0.2, 0.25) is 0 Å². The Morgan fingerprint density at radius 3 is 2.60 bits per heavy atom. The Kier molecular flexibility index (Phi) is 2.21. The predicted molar refractivity (Wildman–Crippen MR) is 47.3 cm³/mol. The van der Waals surface area contributed by atoms with E-state index in [1.807, 2.05) is 0 Å². The van der Waals surface area contributed by atoms with Gasteiger partial charge in [-0.15, -0.1) is 5.10 Å². The molecule has 0 bridgehead atoms. The fourth-order valence-electron chi connectivity index (χ4n) is 0.939. The first-order chi connectivity index (χ1) is 7.07. The second-order valence-electron chi connectivity index (χ2n) is 2.56. The van der Waals surface area contributed by atoms with E-state index < -0.39 is 15.2 Å². The van der Waals surface area contributed by atoms with Crippen LogP contribution in [-0.2, 0) is 10.1 Å². The minimum atomic E-state index is -4.33. The summed E-state index contributed by atoms with van der Waals surface area (Å²) in [6.45, 7) is 0. The van der Waals surface area contributed by atoms with E-state index in [0.29, 0.717) is 0 Å². The fourth-order valence-corrected chi connectivity index (χ4v) is 1.37. The molecule has 0 fully saturated rings. The summed E-state index contributed by atoms with van der Waals surface area (Å²) in [5, 5.41) is 6.61. The molecule has 7 nitrogen and oxygen atoms in total. The highest BCUT2D eigenvalue weighted by atomic mass is 32.2. The lowest BCUT2D eigenvalue weighted by molar-refractivity contribution is 0.412. The van der Waals surface area contributed by atoms with E-state index >= 15 is 0 Å². The highest BCUT2D eigenvalue weighted by Crippen LogP contribution is 2.20. The molecule has 2 heterocycles. The second kappa shape index (κ2) is 3.41. The lowest BCUT2D eigenvalue weighted by Gasteiger charge is -1.92. The minimum absolute atomic E-state index is 0.121. The first-order valence-electron chi connectivity index (χ1n) is 3.79. The Morgan fingerprint density at radius 1 is 1.27 bits per heavy atom. The van der Waals surface area contributed by atoms with Crippen molar-refractivity contribution in [3.05, 3.63) is 24.5 Å². The predicted octanol–water partition coefficient (Wildman–Crippen LogP) is 0.378. The summed E-state index contributed by atoms with van der Waals surface area (Å²) in [6, 6.07) is 2.45. The molecular weight excluding hydrogens is 222 g/mol. The zero-order chi connectivity index (χ0) is 10.9. The summed E-state index contributed by atoms with van der Waals surface area (Å²) in [4.78, 5) is 3.80. The SMILES string of the molecule is O=S(=O)(O)c1ccc(-c2nccnn2)o1. The molecule has 0 saturated heterocycles. The van der Waals surface area contributed by atoms with Crippen LogP contribution in [0.15, 0.2) is 34.0 Å². The van der Waals surface area contributed by atoms with Gasteiger partial charge in [-0.1, -0.05) is 0 Å². The second-order valence-corrected chi connectivity index (χ2v) is 3.91. The van der Waals surface area contributed by atoms with Gasteiger partial charge in [-0.05, 0) is 12.1 Å². The van der Waals surface area contributed by atoms with Crippen molar-refractivity contribution in [2.75, 3.05) is 0 Å². The number of hydrogen-bond donors (Lipinski definition) is 1. The van der Waals surface area contributed by atoms with Crippen LogP contribution in [0.5, 0.6) is 0 Å². The number of rotatable bonds is 2. The molecule has 2 rings (SSSR count). The third-order valence-corrected chi connectivity index (χ3v) is 2.27. The molecule has 0 atom stereocenters. The molecule has 8 heteroatoms. The Bertz CT molecular complexity index is 563. The van der Waals surface area contributed by atoms with Gasteiger partial charge < -0.3 is 4.42 Å². The van der Waals surface area contributed by atoms with E-state index in [2.05, 4.69) is 15.2 Å². The van der Waals surface area contributed by atoms with E-state index in [9.17, 15) is 8.42 Å². The van der Waals surface area contributed by atoms with E-state index in [0.717, 1.165) is 6.07 Å². The molecule has 0 amide bonds. The normalized spacial score (nSPS) is 11.5. The Balaban J connectivity index is 2.46. The van der Waals surface area contributed by atoms with Gasteiger partial charge in [-0.25, -0.2) is 4.98 Å². The standard InChI is InChI=1S/C7H5N3O4S/c11-15(12,13)6-2-1-5(14-6)7-8-3-4-9-10-7/h1-4H,(H,11,12,13). The highest BCUT2D eigenvalue weighted by molar-refractivity contribution is 7.85. The monoisotopic (exact) mass is 227 g/mol. The summed E-state index contributed by atoms with van der Waals surface area (Å²) in [7, 11) is -4.33. The first kappa shape index (κ1) is 9.74. The molecular formula is C7H5N3O4S. The van der Waals surface area contributed by atoms with Gasteiger partial charge >= 0.3 is 10.1 Å². The van der Waals surface area contributed by atoms with Crippen molar-refractivity contribution < 1.29 is 17.4 Å².